The van der Waals surface area contributed by atoms with Crippen molar-refractivity contribution in [2.75, 3.05) is 71.0 Å². The molecule has 6 heterocycles. The molecule has 2 fully saturated rings. The second-order valence-electron chi connectivity index (χ2n) is 15.7. The Labute approximate surface area is 360 Å². The topological polar surface area (TPSA) is 226 Å². The minimum atomic E-state index is -0.645. The smallest absolute Gasteiger partial charge is 0.265 e. The molecule has 0 spiro atoms. The van der Waals surface area contributed by atoms with Gasteiger partial charge in [0.2, 0.25) is 35.4 Å². The second-order valence-corrected chi connectivity index (χ2v) is 19.1. The van der Waals surface area contributed by atoms with E-state index in [0.29, 0.717) is 107 Å². The summed E-state index contributed by atoms with van der Waals surface area (Å²) in [6, 6.07) is 1.23. The summed E-state index contributed by atoms with van der Waals surface area (Å²) in [5, 5.41) is 14.6. The van der Waals surface area contributed by atoms with Gasteiger partial charge < -0.3 is 40.1 Å². The third-order valence-corrected chi connectivity index (χ3v) is 13.3. The molecule has 5 N–H and O–H groups in total. The van der Waals surface area contributed by atoms with Gasteiger partial charge in [0, 0.05) is 42.3 Å². The summed E-state index contributed by atoms with van der Waals surface area (Å²) in [6.45, 7) is 10.9. The van der Waals surface area contributed by atoms with Gasteiger partial charge in [0.1, 0.15) is 11.8 Å². The normalized spacial score (nSPS) is 17.5. The zero-order valence-corrected chi connectivity index (χ0v) is 36.5. The number of oxazole rings is 1. The van der Waals surface area contributed by atoms with Crippen molar-refractivity contribution in [2.24, 2.45) is 5.92 Å². The first-order chi connectivity index (χ1) is 28.8. The fourth-order valence-corrected chi connectivity index (χ4v) is 9.52. The predicted molar refractivity (Wildman–Crippen MR) is 224 cm³/mol. The first kappa shape index (κ1) is 45.3. The van der Waals surface area contributed by atoms with Gasteiger partial charge in [-0.05, 0) is 44.0 Å². The Morgan fingerprint density at radius 3 is 2.45 bits per heavy atom. The molecule has 0 aliphatic carbocycles. The molecule has 21 heteroatoms. The Kier molecular flexibility index (Phi) is 16.2. The number of thiazole rings is 1. The lowest BCUT2D eigenvalue weighted by molar-refractivity contribution is -0.137. The van der Waals surface area contributed by atoms with Gasteiger partial charge in [0.15, 0.2) is 5.13 Å². The van der Waals surface area contributed by atoms with Crippen LogP contribution in [-0.4, -0.2) is 127 Å². The first-order valence-corrected chi connectivity index (χ1v) is 22.7. The summed E-state index contributed by atoms with van der Waals surface area (Å²) < 4.78 is 17.9. The number of piperidine rings is 2. The van der Waals surface area contributed by atoms with Crippen LogP contribution in [0.15, 0.2) is 27.1 Å². The second kappa shape index (κ2) is 21.5. The van der Waals surface area contributed by atoms with Crippen LogP contribution in [0.1, 0.15) is 78.2 Å². The highest BCUT2D eigenvalue weighted by Crippen LogP contribution is 2.34. The molecular weight excluding hydrogens is 835 g/mol. The van der Waals surface area contributed by atoms with Crippen molar-refractivity contribution in [3.8, 4) is 0 Å². The summed E-state index contributed by atoms with van der Waals surface area (Å²) in [5.74, 6) is 0.638. The number of amides is 6. The number of nitrogens with zero attached hydrogens (tertiary/aromatic N) is 4. The average molecular weight is 888 g/mol. The number of anilines is 1. The summed E-state index contributed by atoms with van der Waals surface area (Å²) >= 11 is 4.30. The van der Waals surface area contributed by atoms with Crippen molar-refractivity contribution in [1.29, 1.82) is 0 Å². The number of likely N-dealkylation sites (tertiary alicyclic amines) is 1. The first-order valence-electron chi connectivity index (χ1n) is 20.0. The Morgan fingerprint density at radius 2 is 1.73 bits per heavy atom. The van der Waals surface area contributed by atoms with E-state index in [4.69, 9.17) is 13.9 Å². The molecule has 3 aliphatic heterocycles. The molecule has 0 bridgehead atoms. The van der Waals surface area contributed by atoms with Gasteiger partial charge in [-0.1, -0.05) is 32.1 Å². The Hall–Kier alpha value is -4.25. The summed E-state index contributed by atoms with van der Waals surface area (Å²) in [4.78, 5) is 88.0. The number of aromatic nitrogens is 2. The van der Waals surface area contributed by atoms with E-state index in [0.717, 1.165) is 20.4 Å². The summed E-state index contributed by atoms with van der Waals surface area (Å²) in [5.41, 5.74) is 0.726. The van der Waals surface area contributed by atoms with E-state index in [2.05, 4.69) is 62.2 Å². The van der Waals surface area contributed by atoms with Gasteiger partial charge in [0.05, 0.1) is 73.3 Å². The Morgan fingerprint density at radius 1 is 0.967 bits per heavy atom. The molecule has 60 heavy (non-hydrogen) atoms. The van der Waals surface area contributed by atoms with Crippen molar-refractivity contribution in [1.82, 2.24) is 41.0 Å². The van der Waals surface area contributed by atoms with Gasteiger partial charge in [0.25, 0.3) is 5.91 Å². The van der Waals surface area contributed by atoms with Crippen LogP contribution in [0.5, 0.6) is 0 Å². The molecule has 1 unspecified atom stereocenters. The van der Waals surface area contributed by atoms with E-state index in [1.807, 2.05) is 6.07 Å². The molecule has 326 valence electrons. The van der Waals surface area contributed by atoms with Crippen molar-refractivity contribution in [3.05, 3.63) is 45.4 Å². The number of ether oxygens (including phenoxy) is 2. The van der Waals surface area contributed by atoms with E-state index < -0.39 is 11.9 Å². The van der Waals surface area contributed by atoms with Crippen molar-refractivity contribution in [2.45, 2.75) is 81.0 Å². The zero-order chi connectivity index (χ0) is 42.6. The minimum absolute atomic E-state index is 0.0488. The van der Waals surface area contributed by atoms with Gasteiger partial charge in [-0.25, -0.2) is 9.97 Å². The predicted octanol–water partition coefficient (Wildman–Crippen LogP) is 2.25. The van der Waals surface area contributed by atoms with E-state index >= 15 is 0 Å². The number of thioether (sulfide) groups is 1. The van der Waals surface area contributed by atoms with E-state index in [9.17, 15) is 28.8 Å². The van der Waals surface area contributed by atoms with Gasteiger partial charge in [-0.2, -0.15) is 0 Å². The molecule has 6 rings (SSSR count). The molecule has 2 saturated heterocycles. The number of carbonyl (C=O) groups excluding carboxylic acids is 6. The third-order valence-electron chi connectivity index (χ3n) is 10.0. The van der Waals surface area contributed by atoms with Crippen molar-refractivity contribution >= 4 is 75.0 Å². The quantitative estimate of drug-likeness (QED) is 0.0588. The molecule has 0 aromatic carbocycles. The fourth-order valence-electron chi connectivity index (χ4n) is 6.73. The lowest BCUT2D eigenvalue weighted by atomic mass is 9.94. The maximum Gasteiger partial charge on any atom is 0.265 e. The van der Waals surface area contributed by atoms with Gasteiger partial charge in [-0.3, -0.25) is 39.0 Å². The molecular formula is C39H53N9O9S3. The highest BCUT2D eigenvalue weighted by molar-refractivity contribution is 8.00. The maximum atomic E-state index is 12.9. The average Bonchev–Trinajstić information content (AvgIpc) is 4.02. The maximum absolute atomic E-state index is 12.9. The highest BCUT2D eigenvalue weighted by Gasteiger charge is 2.40. The van der Waals surface area contributed by atoms with Crippen LogP contribution in [0.4, 0.5) is 5.13 Å². The van der Waals surface area contributed by atoms with Crippen LogP contribution in [0.3, 0.4) is 0 Å². The summed E-state index contributed by atoms with van der Waals surface area (Å²) in [6.07, 6.45) is 5.38. The van der Waals surface area contributed by atoms with Crippen LogP contribution < -0.4 is 26.6 Å². The molecule has 18 nitrogen and oxygen atoms in total. The number of thiophene rings is 1. The number of rotatable bonds is 21. The molecule has 3 aliphatic rings. The lowest BCUT2D eigenvalue weighted by Gasteiger charge is -2.30. The largest absolute Gasteiger partial charge is 0.444 e. The van der Waals surface area contributed by atoms with Crippen LogP contribution in [-0.2, 0) is 57.7 Å². The van der Waals surface area contributed by atoms with Crippen molar-refractivity contribution < 1.29 is 42.7 Å². The molecule has 1 atom stereocenters. The van der Waals surface area contributed by atoms with E-state index in [1.54, 1.807) is 24.2 Å². The highest BCUT2D eigenvalue weighted by atomic mass is 32.2. The number of imide groups is 1. The van der Waals surface area contributed by atoms with E-state index in [-0.39, 0.29) is 60.4 Å². The number of nitrogens with one attached hydrogen (secondary N) is 5. The lowest BCUT2D eigenvalue weighted by Crippen LogP contribution is -2.52. The van der Waals surface area contributed by atoms with E-state index in [1.165, 1.54) is 27.6 Å². The van der Waals surface area contributed by atoms with Crippen LogP contribution in [0, 0.1) is 5.92 Å². The SMILES string of the molecule is CC(C)(C)c1cnc(CSc2cnc(NC(=O)C3CCN(CC(=O)NCCOCCOCCNCC(=O)NCc4cc5c(s4)C(=O)N(C4CCC(=O)NC4=O)C5)CC3)s2)o1. The van der Waals surface area contributed by atoms with Gasteiger partial charge in [-0.15, -0.1) is 23.1 Å². The Balaban J connectivity index is 0.726. The van der Waals surface area contributed by atoms with Crippen molar-refractivity contribution in [3.63, 3.8) is 0 Å². The minimum Gasteiger partial charge on any atom is -0.444 e. The van der Waals surface area contributed by atoms with Gasteiger partial charge >= 0.3 is 0 Å². The third kappa shape index (κ3) is 13.1. The number of fused-ring (bicyclic) bond motifs is 1. The fraction of sp³-hybridized carbons (Fsp3) is 0.590. The van der Waals surface area contributed by atoms with Crippen LogP contribution >= 0.6 is 34.4 Å². The number of hydrogen-bond acceptors (Lipinski definition) is 16. The van der Waals surface area contributed by atoms with Crippen LogP contribution in [0.25, 0.3) is 0 Å². The molecule has 3 aromatic rings. The van der Waals surface area contributed by atoms with Crippen LogP contribution in [0.2, 0.25) is 0 Å². The Bertz CT molecular complexity index is 1990. The summed E-state index contributed by atoms with van der Waals surface area (Å²) in [7, 11) is 0. The number of carbonyl (C=O) groups is 6. The standard InChI is InChI=1S/C39H53N9O9S3/c1-39(2,3)28-18-43-32(57-28)23-58-33-20-44-38(60-33)46-35(52)24-6-10-47(11-7-24)22-31(51)41-9-13-56-15-14-55-12-8-40-19-30(50)42-17-26-16-25-21-48(37(54)34(25)59-26)27-4-5-29(49)45-36(27)53/h16,18,20,24,27,40H,4-15,17,19,21-23H2,1-3H3,(H,41,51)(H,42,50)(H,44,46,52)(H,45,49,53). The monoisotopic (exact) mass is 887 g/mol. The zero-order valence-electron chi connectivity index (χ0n) is 34.1. The molecule has 6 amide bonds. The number of hydrogen-bond donors (Lipinski definition) is 5. The molecule has 3 aromatic heterocycles. The molecule has 0 radical (unpaired) electrons. The molecule has 0 saturated carbocycles.